The predicted molar refractivity (Wildman–Crippen MR) is 249 cm³/mol. The molecule has 2 aromatic heterocycles. The second-order valence-electron chi connectivity index (χ2n) is 18.3. The molecule has 2 bridgehead atoms. The molecule has 0 N–H and O–H groups in total. The lowest BCUT2D eigenvalue weighted by atomic mass is 9.38. The van der Waals surface area contributed by atoms with Crippen molar-refractivity contribution in [2.24, 2.45) is 23.2 Å². The van der Waals surface area contributed by atoms with Gasteiger partial charge in [0.15, 0.2) is 0 Å². The summed E-state index contributed by atoms with van der Waals surface area (Å²) in [5.41, 5.74) is 12.3. The topological polar surface area (TPSA) is 8.17 Å². The summed E-state index contributed by atoms with van der Waals surface area (Å²) >= 11 is 1.88. The van der Waals surface area contributed by atoms with Gasteiger partial charge in [0.2, 0.25) is 0 Å². The summed E-state index contributed by atoms with van der Waals surface area (Å²) in [6, 6.07) is 66.3. The van der Waals surface area contributed by atoms with E-state index >= 15 is 0 Å². The number of benzene rings is 8. The maximum atomic E-state index is 2.50. The normalized spacial score (nSPS) is 23.9. The van der Waals surface area contributed by atoms with Gasteiger partial charge >= 0.3 is 0 Å². The van der Waals surface area contributed by atoms with Crippen molar-refractivity contribution in [1.29, 1.82) is 0 Å². The smallest absolute Gasteiger partial charge is 0.0547 e. The fourth-order valence-electron chi connectivity index (χ4n) is 13.3. The van der Waals surface area contributed by atoms with Gasteiger partial charge in [-0.25, -0.2) is 0 Å². The second kappa shape index (κ2) is 11.7. The van der Waals surface area contributed by atoms with Gasteiger partial charge in [-0.05, 0) is 161 Å². The Balaban J connectivity index is 0.954. The zero-order chi connectivity index (χ0) is 38.5. The molecule has 282 valence electrons. The molecule has 1 spiro atoms. The van der Waals surface area contributed by atoms with Crippen molar-refractivity contribution in [3.63, 3.8) is 0 Å². The van der Waals surface area contributed by atoms with Crippen LogP contribution in [0.25, 0.3) is 69.6 Å². The Morgan fingerprint density at radius 3 is 1.93 bits per heavy atom. The van der Waals surface area contributed by atoms with Crippen LogP contribution in [0.3, 0.4) is 0 Å². The van der Waals surface area contributed by atoms with Gasteiger partial charge in [-0.3, -0.25) is 0 Å². The van der Waals surface area contributed by atoms with E-state index in [0.717, 1.165) is 23.4 Å². The Kier molecular flexibility index (Phi) is 6.52. The van der Waals surface area contributed by atoms with Crippen molar-refractivity contribution in [3.05, 3.63) is 181 Å². The highest BCUT2D eigenvalue weighted by Gasteiger charge is 2.77. The van der Waals surface area contributed by atoms with Crippen LogP contribution >= 0.6 is 11.3 Å². The summed E-state index contributed by atoms with van der Waals surface area (Å²) in [6.45, 7) is 0. The van der Waals surface area contributed by atoms with Crippen LogP contribution in [-0.4, -0.2) is 4.57 Å². The van der Waals surface area contributed by atoms with Crippen LogP contribution in [0.2, 0.25) is 0 Å². The number of anilines is 3. The van der Waals surface area contributed by atoms with E-state index in [1.807, 2.05) is 11.3 Å². The van der Waals surface area contributed by atoms with Gasteiger partial charge in [0, 0.05) is 53.7 Å². The monoisotopic (exact) mass is 774 g/mol. The zero-order valence-corrected chi connectivity index (χ0v) is 33.6. The Bertz CT molecular complexity index is 3320. The average molecular weight is 775 g/mol. The van der Waals surface area contributed by atoms with Crippen LogP contribution in [0.1, 0.15) is 37.7 Å². The second-order valence-corrected chi connectivity index (χ2v) is 19.4. The van der Waals surface area contributed by atoms with Gasteiger partial charge in [0.1, 0.15) is 0 Å². The van der Waals surface area contributed by atoms with Gasteiger partial charge in [0.05, 0.1) is 11.0 Å². The molecular weight excluding hydrogens is 733 g/mol. The highest BCUT2D eigenvalue weighted by Crippen LogP contribution is 2.84. The third-order valence-electron chi connectivity index (χ3n) is 15.8. The van der Waals surface area contributed by atoms with E-state index in [0.29, 0.717) is 10.8 Å². The van der Waals surface area contributed by atoms with Crippen LogP contribution in [0.4, 0.5) is 17.1 Å². The van der Waals surface area contributed by atoms with Crippen LogP contribution in [0.15, 0.2) is 176 Å². The first kappa shape index (κ1) is 32.8. The molecule has 10 aromatic rings. The van der Waals surface area contributed by atoms with Crippen molar-refractivity contribution < 1.29 is 0 Å². The molecule has 0 amide bonds. The van der Waals surface area contributed by atoms with Crippen molar-refractivity contribution in [3.8, 4) is 16.8 Å². The predicted octanol–water partition coefficient (Wildman–Crippen LogP) is 15.5. The number of hydrogen-bond acceptors (Lipinski definition) is 2. The summed E-state index contributed by atoms with van der Waals surface area (Å²) < 4.78 is 5.15. The first-order chi connectivity index (χ1) is 29.1. The molecule has 4 saturated carbocycles. The fourth-order valence-corrected chi connectivity index (χ4v) is 14.4. The number of hydrogen-bond donors (Lipinski definition) is 0. The van der Waals surface area contributed by atoms with E-state index in [2.05, 4.69) is 185 Å². The summed E-state index contributed by atoms with van der Waals surface area (Å²) in [4.78, 5) is 2.49. The lowest BCUT2D eigenvalue weighted by Gasteiger charge is -2.66. The number of thiophene rings is 1. The standard InChI is InChI=1S/C56H42N2S/c1-2-8-35(9-3-1)36-14-19-42(20-15-36)57(43-21-17-38(18-22-43)55-32-40-28-39-29-41(33-55)56(39,40)34-55)44-23-26-50-49(31-44)54-46-11-5-4-10-37(46)16-25-51(54)58(50)45-24-27-53-48(30-45)47-12-6-7-13-52(47)59-53/h1-27,30-31,39-41H,28-29,32-34H2. The number of fused-ring (bicyclic) bond motifs is 9. The third-order valence-corrected chi connectivity index (χ3v) is 17.0. The Labute approximate surface area is 348 Å². The molecule has 4 fully saturated rings. The van der Waals surface area contributed by atoms with Gasteiger partial charge < -0.3 is 9.47 Å². The molecule has 2 nitrogen and oxygen atoms in total. The molecule has 8 aromatic carbocycles. The Hall–Kier alpha value is -6.16. The maximum absolute atomic E-state index is 2.50. The quantitative estimate of drug-likeness (QED) is 0.163. The molecule has 14 rings (SSSR count). The summed E-state index contributed by atoms with van der Waals surface area (Å²) in [5.74, 6) is 3.00. The molecule has 59 heavy (non-hydrogen) atoms. The molecule has 3 heteroatoms. The van der Waals surface area contributed by atoms with E-state index in [4.69, 9.17) is 0 Å². The minimum absolute atomic E-state index is 0.390. The minimum atomic E-state index is 0.390. The molecule has 2 atom stereocenters. The highest BCUT2D eigenvalue weighted by atomic mass is 32.1. The van der Waals surface area contributed by atoms with E-state index in [1.54, 1.807) is 5.56 Å². The lowest BCUT2D eigenvalue weighted by Crippen LogP contribution is -2.59. The number of aromatic nitrogens is 1. The molecule has 4 aliphatic rings. The van der Waals surface area contributed by atoms with Crippen molar-refractivity contribution in [2.75, 3.05) is 4.90 Å². The maximum Gasteiger partial charge on any atom is 0.0547 e. The average Bonchev–Trinajstić information content (AvgIpc) is 4.01. The molecule has 0 radical (unpaired) electrons. The van der Waals surface area contributed by atoms with Crippen molar-refractivity contribution in [2.45, 2.75) is 37.5 Å². The van der Waals surface area contributed by atoms with Crippen LogP contribution in [0.5, 0.6) is 0 Å². The van der Waals surface area contributed by atoms with Crippen LogP contribution in [-0.2, 0) is 5.41 Å². The fraction of sp³-hybridized carbons (Fsp3) is 0.179. The van der Waals surface area contributed by atoms with E-state index in [-0.39, 0.29) is 0 Å². The first-order valence-electron chi connectivity index (χ1n) is 21.6. The van der Waals surface area contributed by atoms with E-state index < -0.39 is 0 Å². The Morgan fingerprint density at radius 2 is 1.15 bits per heavy atom. The molecule has 2 heterocycles. The van der Waals surface area contributed by atoms with Crippen LogP contribution < -0.4 is 4.90 Å². The van der Waals surface area contributed by atoms with Gasteiger partial charge in [-0.1, -0.05) is 103 Å². The van der Waals surface area contributed by atoms with Crippen molar-refractivity contribution in [1.82, 2.24) is 4.57 Å². The largest absolute Gasteiger partial charge is 0.310 e. The molecule has 4 aliphatic carbocycles. The summed E-state index contributed by atoms with van der Waals surface area (Å²) in [7, 11) is 0. The van der Waals surface area contributed by atoms with Gasteiger partial charge in [0.25, 0.3) is 0 Å². The van der Waals surface area contributed by atoms with Crippen molar-refractivity contribution >= 4 is 81.1 Å². The first-order valence-corrected chi connectivity index (χ1v) is 22.4. The lowest BCUT2D eigenvalue weighted by molar-refractivity contribution is -0.175. The molecular formula is C56H42N2S. The number of rotatable bonds is 6. The molecule has 2 unspecified atom stereocenters. The summed E-state index contributed by atoms with van der Waals surface area (Å²) in [6.07, 6.45) is 7.25. The highest BCUT2D eigenvalue weighted by molar-refractivity contribution is 7.25. The van der Waals surface area contributed by atoms with Crippen LogP contribution in [0, 0.1) is 23.2 Å². The van der Waals surface area contributed by atoms with E-state index in [9.17, 15) is 0 Å². The zero-order valence-electron chi connectivity index (χ0n) is 32.8. The van der Waals surface area contributed by atoms with E-state index in [1.165, 1.54) is 113 Å². The molecule has 0 saturated heterocycles. The molecule has 0 aliphatic heterocycles. The van der Waals surface area contributed by atoms with Gasteiger partial charge in [-0.15, -0.1) is 11.3 Å². The number of nitrogens with zero attached hydrogens (tertiary/aromatic N) is 2. The third kappa shape index (κ3) is 4.41. The Morgan fingerprint density at radius 1 is 0.492 bits per heavy atom. The summed E-state index contributed by atoms with van der Waals surface area (Å²) in [5, 5.41) is 7.76. The van der Waals surface area contributed by atoms with Gasteiger partial charge in [-0.2, -0.15) is 0 Å². The SMILES string of the molecule is c1ccc(-c2ccc(N(c3ccc(C45CC6CC7CC(C4)C76C5)cc3)c3ccc4c(c3)c3c5ccccc5ccc3n4-c3ccc4sc5ccccc5c4c3)cc2)cc1. The minimum Gasteiger partial charge on any atom is -0.310 e.